The average Bonchev–Trinajstić information content (AvgIpc) is 3.03. The van der Waals surface area contributed by atoms with Crippen molar-refractivity contribution in [2.75, 3.05) is 0 Å². The van der Waals surface area contributed by atoms with E-state index in [-0.39, 0.29) is 29.2 Å². The van der Waals surface area contributed by atoms with Gasteiger partial charge in [0.05, 0.1) is 17.4 Å². The van der Waals surface area contributed by atoms with Crippen molar-refractivity contribution in [2.45, 2.75) is 6.18 Å². The number of furan rings is 1. The van der Waals surface area contributed by atoms with Gasteiger partial charge in [-0.1, -0.05) is 6.07 Å². The monoisotopic (exact) mass is 358 g/mol. The molecule has 0 aliphatic carbocycles. The molecule has 0 atom stereocenters. The zero-order valence-electron chi connectivity index (χ0n) is 12.2. The molecule has 0 spiro atoms. The minimum Gasteiger partial charge on any atom is -0.464 e. The van der Waals surface area contributed by atoms with Crippen molar-refractivity contribution in [3.8, 4) is 22.8 Å². The fourth-order valence-corrected chi connectivity index (χ4v) is 2.18. The highest BCUT2D eigenvalue weighted by Gasteiger charge is 2.33. The summed E-state index contributed by atoms with van der Waals surface area (Å²) in [4.78, 5) is 0. The summed E-state index contributed by atoms with van der Waals surface area (Å²) in [5, 5.41) is 0. The van der Waals surface area contributed by atoms with Crippen molar-refractivity contribution in [1.29, 1.82) is 0 Å². The van der Waals surface area contributed by atoms with E-state index < -0.39 is 34.9 Å². The lowest BCUT2D eigenvalue weighted by Gasteiger charge is -2.14. The van der Waals surface area contributed by atoms with E-state index in [1.165, 1.54) is 30.5 Å². The third-order valence-electron chi connectivity index (χ3n) is 3.28. The molecule has 1 aromatic heterocycles. The lowest BCUT2D eigenvalue weighted by Crippen LogP contribution is -2.07. The normalized spacial score (nSPS) is 11.6. The molecule has 8 heteroatoms. The Hall–Kier alpha value is -2.90. The first kappa shape index (κ1) is 16.9. The van der Waals surface area contributed by atoms with Crippen LogP contribution in [-0.4, -0.2) is 0 Å². The van der Waals surface area contributed by atoms with Crippen LogP contribution in [0.25, 0.3) is 11.3 Å². The Labute approximate surface area is 137 Å². The predicted molar refractivity (Wildman–Crippen MR) is 75.5 cm³/mol. The van der Waals surface area contributed by atoms with Crippen LogP contribution in [0.15, 0.2) is 53.1 Å². The largest absolute Gasteiger partial charge is 0.464 e. The molecule has 25 heavy (non-hydrogen) atoms. The second-order valence-electron chi connectivity index (χ2n) is 4.96. The van der Waals surface area contributed by atoms with E-state index in [2.05, 4.69) is 0 Å². The Kier molecular flexibility index (Phi) is 4.20. The summed E-state index contributed by atoms with van der Waals surface area (Å²) in [6.45, 7) is 0. The maximum Gasteiger partial charge on any atom is 0.416 e. The topological polar surface area (TPSA) is 22.4 Å². The highest BCUT2D eigenvalue weighted by atomic mass is 19.4. The lowest BCUT2D eigenvalue weighted by atomic mass is 10.1. The van der Waals surface area contributed by atoms with Gasteiger partial charge in [-0.2, -0.15) is 13.2 Å². The minimum absolute atomic E-state index is 0.0285. The molecule has 0 bridgehead atoms. The fraction of sp³-hybridized carbons (Fsp3) is 0.0588. The Morgan fingerprint density at radius 3 is 2.08 bits per heavy atom. The summed E-state index contributed by atoms with van der Waals surface area (Å²) in [6.07, 6.45) is -3.66. The number of alkyl halides is 3. The molecule has 0 N–H and O–H groups in total. The first-order valence-electron chi connectivity index (χ1n) is 6.84. The highest BCUT2D eigenvalue weighted by molar-refractivity contribution is 5.67. The van der Waals surface area contributed by atoms with E-state index in [1.54, 1.807) is 0 Å². The van der Waals surface area contributed by atoms with Crippen molar-refractivity contribution in [2.24, 2.45) is 0 Å². The first-order valence-corrected chi connectivity index (χ1v) is 6.84. The van der Waals surface area contributed by atoms with Crippen LogP contribution in [0, 0.1) is 17.5 Å². The first-order chi connectivity index (χ1) is 11.8. The molecule has 0 fully saturated rings. The number of benzene rings is 2. The maximum atomic E-state index is 14.1. The molecule has 2 aromatic carbocycles. The summed E-state index contributed by atoms with van der Waals surface area (Å²) in [7, 11) is 0. The van der Waals surface area contributed by atoms with E-state index in [9.17, 15) is 26.3 Å². The van der Waals surface area contributed by atoms with Gasteiger partial charge in [-0.15, -0.1) is 0 Å². The van der Waals surface area contributed by atoms with Gasteiger partial charge in [-0.3, -0.25) is 0 Å². The van der Waals surface area contributed by atoms with Crippen molar-refractivity contribution >= 4 is 0 Å². The zero-order chi connectivity index (χ0) is 18.2. The summed E-state index contributed by atoms with van der Waals surface area (Å²) in [5.74, 6) is -5.29. The molecule has 0 amide bonds. The van der Waals surface area contributed by atoms with Crippen LogP contribution in [0.1, 0.15) is 5.56 Å². The lowest BCUT2D eigenvalue weighted by molar-refractivity contribution is -0.138. The average molecular weight is 358 g/mol. The van der Waals surface area contributed by atoms with Crippen LogP contribution < -0.4 is 4.74 Å². The highest BCUT2D eigenvalue weighted by Crippen LogP contribution is 2.39. The van der Waals surface area contributed by atoms with Crippen LogP contribution in [0.5, 0.6) is 11.5 Å². The smallest absolute Gasteiger partial charge is 0.416 e. The van der Waals surface area contributed by atoms with Gasteiger partial charge in [0.25, 0.3) is 0 Å². The van der Waals surface area contributed by atoms with Crippen molar-refractivity contribution in [3.63, 3.8) is 0 Å². The second kappa shape index (κ2) is 6.19. The molecule has 2 nitrogen and oxygen atoms in total. The molecule has 0 saturated heterocycles. The molecule has 0 aliphatic rings. The molecule has 3 rings (SSSR count). The molecule has 3 aromatic rings. The third kappa shape index (κ3) is 3.33. The maximum absolute atomic E-state index is 14.1. The number of halogens is 6. The predicted octanol–water partition coefficient (Wildman–Crippen LogP) is 6.18. The number of hydrogen-bond acceptors (Lipinski definition) is 2. The van der Waals surface area contributed by atoms with Crippen LogP contribution in [0.2, 0.25) is 0 Å². The van der Waals surface area contributed by atoms with Gasteiger partial charge in [0.15, 0.2) is 17.4 Å². The number of hydrogen-bond donors (Lipinski definition) is 0. The van der Waals surface area contributed by atoms with E-state index in [4.69, 9.17) is 9.15 Å². The van der Waals surface area contributed by atoms with Gasteiger partial charge in [-0.25, -0.2) is 13.2 Å². The van der Waals surface area contributed by atoms with Crippen LogP contribution in [-0.2, 0) is 6.18 Å². The summed E-state index contributed by atoms with van der Waals surface area (Å²) in [6, 6.07) is 6.56. The molecule has 1 heterocycles. The number of ether oxygens (including phenoxy) is 1. The third-order valence-corrected chi connectivity index (χ3v) is 3.28. The number of rotatable bonds is 3. The molecule has 0 radical (unpaired) electrons. The van der Waals surface area contributed by atoms with Gasteiger partial charge in [0, 0.05) is 0 Å². The standard InChI is InChI=1S/C17H8F6O2/c18-10-3-1-4-14(15(10)13-5-2-6-24-13)25-16-11(19)7-9(8-12(16)20)17(21,22)23/h1-8H. The molecule has 0 aliphatic heterocycles. The molecule has 0 unspecified atom stereocenters. The SMILES string of the molecule is Fc1cc(C(F)(F)F)cc(F)c1Oc1cccc(F)c1-c1ccco1. The fourth-order valence-electron chi connectivity index (χ4n) is 2.18. The van der Waals surface area contributed by atoms with Gasteiger partial charge in [0.2, 0.25) is 0 Å². The van der Waals surface area contributed by atoms with Crippen LogP contribution in [0.4, 0.5) is 26.3 Å². The minimum atomic E-state index is -4.92. The quantitative estimate of drug-likeness (QED) is 0.522. The van der Waals surface area contributed by atoms with Crippen LogP contribution >= 0.6 is 0 Å². The Balaban J connectivity index is 2.06. The van der Waals surface area contributed by atoms with Crippen molar-refractivity contribution in [3.05, 3.63) is 71.7 Å². The van der Waals surface area contributed by atoms with Crippen molar-refractivity contribution in [1.82, 2.24) is 0 Å². The molecular formula is C17H8F6O2. The van der Waals surface area contributed by atoms with Gasteiger partial charge < -0.3 is 9.15 Å². The van der Waals surface area contributed by atoms with Gasteiger partial charge in [0.1, 0.15) is 17.3 Å². The summed E-state index contributed by atoms with van der Waals surface area (Å²) >= 11 is 0. The summed E-state index contributed by atoms with van der Waals surface area (Å²) in [5.41, 5.74) is -1.72. The molecule has 0 saturated carbocycles. The van der Waals surface area contributed by atoms with Crippen molar-refractivity contribution < 1.29 is 35.5 Å². The van der Waals surface area contributed by atoms with E-state index in [0.29, 0.717) is 0 Å². The Morgan fingerprint density at radius 1 is 0.840 bits per heavy atom. The van der Waals surface area contributed by atoms with Gasteiger partial charge in [-0.05, 0) is 36.4 Å². The van der Waals surface area contributed by atoms with E-state index >= 15 is 0 Å². The van der Waals surface area contributed by atoms with Gasteiger partial charge >= 0.3 is 6.18 Å². The molecular weight excluding hydrogens is 350 g/mol. The summed E-state index contributed by atoms with van der Waals surface area (Å²) < 4.78 is 89.7. The second-order valence-corrected chi connectivity index (χ2v) is 4.96. The van der Waals surface area contributed by atoms with Crippen LogP contribution in [0.3, 0.4) is 0 Å². The zero-order valence-corrected chi connectivity index (χ0v) is 12.2. The van der Waals surface area contributed by atoms with E-state index in [1.807, 2.05) is 0 Å². The molecule has 130 valence electrons. The Morgan fingerprint density at radius 2 is 1.52 bits per heavy atom. The van der Waals surface area contributed by atoms with E-state index in [0.717, 1.165) is 6.07 Å². The Bertz CT molecular complexity index is 877.